The molecule has 0 saturated carbocycles. The van der Waals surface area contributed by atoms with E-state index in [1.807, 2.05) is 36.9 Å². The van der Waals surface area contributed by atoms with E-state index < -0.39 is 0 Å². The molecule has 1 unspecified atom stereocenters. The second kappa shape index (κ2) is 8.52. The average Bonchev–Trinajstić information content (AvgIpc) is 2.84. The zero-order valence-corrected chi connectivity index (χ0v) is 15.8. The van der Waals surface area contributed by atoms with Crippen molar-refractivity contribution in [1.82, 2.24) is 19.7 Å². The molecule has 0 aliphatic carbocycles. The van der Waals surface area contributed by atoms with Gasteiger partial charge in [0.1, 0.15) is 5.82 Å². The van der Waals surface area contributed by atoms with E-state index in [4.69, 9.17) is 0 Å². The molecule has 1 aromatic carbocycles. The molecular formula is C19H26N4OS. The van der Waals surface area contributed by atoms with Gasteiger partial charge >= 0.3 is 0 Å². The molecule has 134 valence electrons. The summed E-state index contributed by atoms with van der Waals surface area (Å²) in [4.78, 5) is 14.8. The first-order valence-corrected chi connectivity index (χ1v) is 9.92. The van der Waals surface area contributed by atoms with Gasteiger partial charge in [0.05, 0.1) is 11.8 Å². The van der Waals surface area contributed by atoms with E-state index in [0.29, 0.717) is 0 Å². The molecule has 0 bridgehead atoms. The van der Waals surface area contributed by atoms with Crippen LogP contribution in [-0.4, -0.2) is 43.9 Å². The smallest absolute Gasteiger partial charge is 0.235 e. The highest BCUT2D eigenvalue weighted by Gasteiger charge is 2.24. The van der Waals surface area contributed by atoms with Gasteiger partial charge in [0.25, 0.3) is 0 Å². The highest BCUT2D eigenvalue weighted by molar-refractivity contribution is 8.00. The maximum absolute atomic E-state index is 12.8. The molecule has 25 heavy (non-hydrogen) atoms. The zero-order valence-electron chi connectivity index (χ0n) is 15.0. The number of amides is 1. The lowest BCUT2D eigenvalue weighted by Gasteiger charge is -2.23. The summed E-state index contributed by atoms with van der Waals surface area (Å²) < 4.78 is 2.09. The van der Waals surface area contributed by atoms with Crippen LogP contribution in [0.5, 0.6) is 0 Å². The minimum Gasteiger partial charge on any atom is -0.342 e. The molecule has 1 aromatic heterocycles. The number of carbonyl (C=O) groups excluding carboxylic acids is 1. The minimum absolute atomic E-state index is 0.142. The van der Waals surface area contributed by atoms with Crippen LogP contribution >= 0.6 is 11.8 Å². The van der Waals surface area contributed by atoms with Gasteiger partial charge in [-0.05, 0) is 32.3 Å². The number of carbonyl (C=O) groups is 1. The highest BCUT2D eigenvalue weighted by atomic mass is 32.2. The first-order chi connectivity index (χ1) is 12.1. The third kappa shape index (κ3) is 4.63. The van der Waals surface area contributed by atoms with Gasteiger partial charge < -0.3 is 9.47 Å². The third-order valence-electron chi connectivity index (χ3n) is 4.63. The quantitative estimate of drug-likeness (QED) is 0.768. The molecule has 1 aliphatic rings. The summed E-state index contributed by atoms with van der Waals surface area (Å²) in [6.45, 7) is 6.45. The molecule has 0 radical (unpaired) electrons. The van der Waals surface area contributed by atoms with Crippen molar-refractivity contribution in [2.45, 2.75) is 56.5 Å². The number of aromatic nitrogens is 3. The first-order valence-electron chi connectivity index (χ1n) is 9.04. The van der Waals surface area contributed by atoms with Gasteiger partial charge in [0, 0.05) is 13.1 Å². The summed E-state index contributed by atoms with van der Waals surface area (Å²) in [5, 5.41) is 9.20. The van der Waals surface area contributed by atoms with E-state index in [1.54, 1.807) is 0 Å². The Hall–Kier alpha value is -1.82. The Labute approximate surface area is 153 Å². The van der Waals surface area contributed by atoms with Crippen molar-refractivity contribution in [2.24, 2.45) is 0 Å². The number of aryl methyl sites for hydroxylation is 1. The maximum Gasteiger partial charge on any atom is 0.235 e. The monoisotopic (exact) mass is 358 g/mol. The van der Waals surface area contributed by atoms with Gasteiger partial charge in [0.15, 0.2) is 5.16 Å². The lowest BCUT2D eigenvalue weighted by molar-refractivity contribution is -0.130. The van der Waals surface area contributed by atoms with Gasteiger partial charge in [0.2, 0.25) is 5.91 Å². The van der Waals surface area contributed by atoms with Crippen molar-refractivity contribution < 1.29 is 4.79 Å². The molecule has 3 rings (SSSR count). The highest BCUT2D eigenvalue weighted by Crippen LogP contribution is 2.25. The number of thioether (sulfide) groups is 1. The van der Waals surface area contributed by atoms with Crippen LogP contribution in [0.3, 0.4) is 0 Å². The van der Waals surface area contributed by atoms with Crippen LogP contribution in [-0.2, 0) is 11.3 Å². The summed E-state index contributed by atoms with van der Waals surface area (Å²) >= 11 is 1.52. The normalized spacial score (nSPS) is 16.5. The van der Waals surface area contributed by atoms with Crippen LogP contribution in [0.15, 0.2) is 35.5 Å². The molecule has 0 spiro atoms. The van der Waals surface area contributed by atoms with Crippen LogP contribution in [0.2, 0.25) is 0 Å². The first kappa shape index (κ1) is 18.0. The number of rotatable bonds is 5. The Balaban J connectivity index is 1.69. The second-order valence-electron chi connectivity index (χ2n) is 6.60. The summed E-state index contributed by atoms with van der Waals surface area (Å²) in [5.74, 6) is 1.10. The summed E-state index contributed by atoms with van der Waals surface area (Å²) in [6.07, 6.45) is 4.70. The number of hydrogen-bond donors (Lipinski definition) is 0. The summed E-state index contributed by atoms with van der Waals surface area (Å²) in [5.41, 5.74) is 1.21. The molecule has 6 heteroatoms. The standard InChI is InChI=1S/C19H26N4OS/c1-15(18(24)22-12-8-3-4-9-13-22)25-19-21-20-16(2)23(19)14-17-10-6-5-7-11-17/h5-7,10-11,15H,3-4,8-9,12-14H2,1-2H3. The molecule has 1 amide bonds. The molecule has 1 saturated heterocycles. The maximum atomic E-state index is 12.8. The van der Waals surface area contributed by atoms with Crippen molar-refractivity contribution in [3.63, 3.8) is 0 Å². The minimum atomic E-state index is -0.142. The molecule has 1 aliphatic heterocycles. The third-order valence-corrected chi connectivity index (χ3v) is 5.70. The lowest BCUT2D eigenvalue weighted by atomic mass is 10.2. The molecular weight excluding hydrogens is 332 g/mol. The molecule has 1 atom stereocenters. The Morgan fingerprint density at radius 2 is 1.80 bits per heavy atom. The van der Waals surface area contributed by atoms with Gasteiger partial charge in [-0.2, -0.15) is 0 Å². The average molecular weight is 359 g/mol. The van der Waals surface area contributed by atoms with E-state index in [1.165, 1.54) is 30.2 Å². The van der Waals surface area contributed by atoms with Crippen molar-refractivity contribution >= 4 is 17.7 Å². The largest absolute Gasteiger partial charge is 0.342 e. The second-order valence-corrected chi connectivity index (χ2v) is 7.91. The SMILES string of the molecule is Cc1nnc(SC(C)C(=O)N2CCCCCC2)n1Cc1ccccc1. The van der Waals surface area contributed by atoms with Gasteiger partial charge in [-0.25, -0.2) is 0 Å². The Morgan fingerprint density at radius 1 is 1.12 bits per heavy atom. The van der Waals surface area contributed by atoms with Gasteiger partial charge in [-0.15, -0.1) is 10.2 Å². The number of benzene rings is 1. The van der Waals surface area contributed by atoms with E-state index in [0.717, 1.165) is 43.5 Å². The van der Waals surface area contributed by atoms with Gasteiger partial charge in [-0.3, -0.25) is 4.79 Å². The predicted octanol–water partition coefficient (Wildman–Crippen LogP) is 3.52. The lowest BCUT2D eigenvalue weighted by Crippen LogP contribution is -2.37. The number of hydrogen-bond acceptors (Lipinski definition) is 4. The van der Waals surface area contributed by atoms with Crippen LogP contribution in [0.1, 0.15) is 44.0 Å². The molecule has 1 fully saturated rings. The Kier molecular flexibility index (Phi) is 6.13. The van der Waals surface area contributed by atoms with Crippen LogP contribution in [0, 0.1) is 6.92 Å². The predicted molar refractivity (Wildman–Crippen MR) is 101 cm³/mol. The number of likely N-dealkylation sites (tertiary alicyclic amines) is 1. The zero-order chi connectivity index (χ0) is 17.6. The van der Waals surface area contributed by atoms with Crippen molar-refractivity contribution in [2.75, 3.05) is 13.1 Å². The summed E-state index contributed by atoms with van der Waals surface area (Å²) in [6, 6.07) is 10.3. The van der Waals surface area contributed by atoms with E-state index in [2.05, 4.69) is 26.9 Å². The fourth-order valence-electron chi connectivity index (χ4n) is 3.15. The molecule has 2 heterocycles. The Bertz CT molecular complexity index is 693. The van der Waals surface area contributed by atoms with Crippen molar-refractivity contribution in [3.05, 3.63) is 41.7 Å². The van der Waals surface area contributed by atoms with Crippen LogP contribution in [0.25, 0.3) is 0 Å². The number of nitrogens with zero attached hydrogens (tertiary/aromatic N) is 4. The van der Waals surface area contributed by atoms with Crippen LogP contribution < -0.4 is 0 Å². The van der Waals surface area contributed by atoms with E-state index in [-0.39, 0.29) is 11.2 Å². The Morgan fingerprint density at radius 3 is 2.48 bits per heavy atom. The molecule has 0 N–H and O–H groups in total. The van der Waals surface area contributed by atoms with E-state index >= 15 is 0 Å². The summed E-state index contributed by atoms with van der Waals surface area (Å²) in [7, 11) is 0. The topological polar surface area (TPSA) is 51.0 Å². The fraction of sp³-hybridized carbons (Fsp3) is 0.526. The van der Waals surface area contributed by atoms with Crippen LogP contribution in [0.4, 0.5) is 0 Å². The molecule has 5 nitrogen and oxygen atoms in total. The van der Waals surface area contributed by atoms with E-state index in [9.17, 15) is 4.79 Å². The van der Waals surface area contributed by atoms with Gasteiger partial charge in [-0.1, -0.05) is 54.9 Å². The molecule has 2 aromatic rings. The van der Waals surface area contributed by atoms with Crippen molar-refractivity contribution in [3.8, 4) is 0 Å². The fourth-order valence-corrected chi connectivity index (χ4v) is 4.13. The van der Waals surface area contributed by atoms with Crippen molar-refractivity contribution in [1.29, 1.82) is 0 Å².